The first-order valence-corrected chi connectivity index (χ1v) is 5.02. The highest BCUT2D eigenvalue weighted by Gasteiger charge is 2.19. The van der Waals surface area contributed by atoms with Gasteiger partial charge >= 0.3 is 14.1 Å². The molecule has 0 saturated heterocycles. The van der Waals surface area contributed by atoms with E-state index >= 15 is 0 Å². The quantitative estimate of drug-likeness (QED) is 0.724. The summed E-state index contributed by atoms with van der Waals surface area (Å²) in [5, 5.41) is 10.5. The lowest BCUT2D eigenvalue weighted by atomic mass is 10.3. The van der Waals surface area contributed by atoms with Crippen molar-refractivity contribution in [3.05, 3.63) is 30.3 Å². The second-order valence-electron chi connectivity index (χ2n) is 2.39. The highest BCUT2D eigenvalue weighted by molar-refractivity contribution is 7.37. The van der Waals surface area contributed by atoms with E-state index in [0.29, 0.717) is 5.75 Å². The molecule has 1 unspecified atom stereocenters. The first-order valence-electron chi connectivity index (χ1n) is 3.84. The number of nitrogens with one attached hydrogen (secondary N) is 1. The Labute approximate surface area is 81.6 Å². The van der Waals surface area contributed by atoms with Crippen LogP contribution in [0.2, 0.25) is 0 Å². The van der Waals surface area contributed by atoms with Crippen molar-refractivity contribution in [3.8, 4) is 5.75 Å². The lowest BCUT2D eigenvalue weighted by Crippen LogP contribution is -2.16. The van der Waals surface area contributed by atoms with E-state index in [0.717, 1.165) is 0 Å². The van der Waals surface area contributed by atoms with Gasteiger partial charge in [0, 0.05) is 4.57 Å². The van der Waals surface area contributed by atoms with E-state index in [1.165, 1.54) is 0 Å². The zero-order chi connectivity index (χ0) is 10.4. The topological polar surface area (TPSA) is 75.6 Å². The summed E-state index contributed by atoms with van der Waals surface area (Å²) >= 11 is 0. The monoisotopic (exact) mass is 214 g/mol. The number of rotatable bonds is 5. The third-order valence-electron chi connectivity index (χ3n) is 1.29. The number of carbonyl (C=O) groups is 1. The highest BCUT2D eigenvalue weighted by atomic mass is 31.1. The van der Waals surface area contributed by atoms with Gasteiger partial charge in [0.2, 0.25) is 0 Å². The van der Waals surface area contributed by atoms with Gasteiger partial charge in [0.05, 0.1) is 0 Å². The van der Waals surface area contributed by atoms with Crippen LogP contribution in [0.5, 0.6) is 5.75 Å². The summed E-state index contributed by atoms with van der Waals surface area (Å²) in [4.78, 5) is 10.1. The van der Waals surface area contributed by atoms with Crippen LogP contribution in [0.3, 0.4) is 0 Å². The van der Waals surface area contributed by atoms with Crippen LogP contribution in [0.4, 0.5) is 0 Å². The number of aliphatic carboxylic acids is 1. The molecule has 5 nitrogen and oxygen atoms in total. The van der Waals surface area contributed by atoms with Crippen molar-refractivity contribution >= 4 is 14.1 Å². The van der Waals surface area contributed by atoms with Crippen molar-refractivity contribution in [1.82, 2.24) is 5.09 Å². The van der Waals surface area contributed by atoms with Crippen molar-refractivity contribution in [2.75, 3.05) is 6.54 Å². The van der Waals surface area contributed by atoms with Crippen LogP contribution in [-0.2, 0) is 9.36 Å². The van der Waals surface area contributed by atoms with E-state index in [2.05, 4.69) is 5.09 Å². The van der Waals surface area contributed by atoms with E-state index < -0.39 is 14.1 Å². The summed E-state index contributed by atoms with van der Waals surface area (Å²) in [7, 11) is -2.17. The fourth-order valence-electron chi connectivity index (χ4n) is 0.742. The summed E-state index contributed by atoms with van der Waals surface area (Å²) in [5.74, 6) is -0.642. The second-order valence-corrected chi connectivity index (χ2v) is 3.40. The Bertz CT molecular complexity index is 327. The Morgan fingerprint density at radius 3 is 2.64 bits per heavy atom. The molecule has 0 saturated carbocycles. The van der Waals surface area contributed by atoms with Gasteiger partial charge in [-0.2, -0.15) is 0 Å². The third-order valence-corrected chi connectivity index (χ3v) is 2.08. The van der Waals surface area contributed by atoms with Gasteiger partial charge in [0.15, 0.2) is 5.75 Å². The molecule has 0 spiro atoms. The molecule has 1 rings (SSSR count). The molecule has 0 aliphatic rings. The summed E-state index contributed by atoms with van der Waals surface area (Å²) < 4.78 is 16.0. The van der Waals surface area contributed by atoms with Crippen LogP contribution in [-0.4, -0.2) is 17.6 Å². The Kier molecular flexibility index (Phi) is 4.04. The number of hydrogen-bond donors (Lipinski definition) is 2. The molecule has 0 aliphatic carbocycles. The van der Waals surface area contributed by atoms with Crippen molar-refractivity contribution in [3.63, 3.8) is 0 Å². The van der Waals surface area contributed by atoms with Crippen LogP contribution in [0.15, 0.2) is 30.3 Å². The zero-order valence-corrected chi connectivity index (χ0v) is 8.11. The van der Waals surface area contributed by atoms with Crippen LogP contribution >= 0.6 is 8.18 Å². The summed E-state index contributed by atoms with van der Waals surface area (Å²) in [6.07, 6.45) is 0. The highest BCUT2D eigenvalue weighted by Crippen LogP contribution is 2.21. The van der Waals surface area contributed by atoms with Gasteiger partial charge in [-0.1, -0.05) is 23.3 Å². The predicted octanol–water partition coefficient (Wildman–Crippen LogP) is 1.40. The first kappa shape index (κ1) is 10.6. The molecule has 1 atom stereocenters. The number of para-hydroxylation sites is 1. The molecule has 0 aromatic heterocycles. The number of benzene rings is 1. The molecule has 0 heterocycles. The van der Waals surface area contributed by atoms with Crippen molar-refractivity contribution in [2.24, 2.45) is 0 Å². The summed E-state index contributed by atoms with van der Waals surface area (Å²) in [6, 6.07) is 8.53. The van der Waals surface area contributed by atoms with Gasteiger partial charge in [-0.25, -0.2) is 4.52 Å². The van der Waals surface area contributed by atoms with Crippen LogP contribution in [0.25, 0.3) is 0 Å². The maximum Gasteiger partial charge on any atom is 0.664 e. The lowest BCUT2D eigenvalue weighted by Gasteiger charge is -1.91. The van der Waals surface area contributed by atoms with Gasteiger partial charge in [-0.3, -0.25) is 4.79 Å². The van der Waals surface area contributed by atoms with Crippen molar-refractivity contribution in [2.45, 2.75) is 0 Å². The van der Waals surface area contributed by atoms with Crippen molar-refractivity contribution < 1.29 is 19.0 Å². The number of hydrogen-bond acceptors (Lipinski definition) is 3. The van der Waals surface area contributed by atoms with E-state index in [9.17, 15) is 9.36 Å². The van der Waals surface area contributed by atoms with E-state index in [1.54, 1.807) is 30.3 Å². The van der Waals surface area contributed by atoms with Crippen LogP contribution in [0, 0.1) is 0 Å². The number of carboxylic acid groups (broad SMARTS) is 1. The molecule has 74 valence electrons. The SMILES string of the molecule is O=C(O)CN[P+](=O)Oc1ccccc1. The molecule has 1 aromatic carbocycles. The molecule has 2 N–H and O–H groups in total. The molecule has 0 bridgehead atoms. The molecule has 14 heavy (non-hydrogen) atoms. The molecule has 0 radical (unpaired) electrons. The summed E-state index contributed by atoms with van der Waals surface area (Å²) in [5.41, 5.74) is 0. The van der Waals surface area contributed by atoms with Gasteiger partial charge < -0.3 is 5.11 Å². The maximum absolute atomic E-state index is 11.1. The van der Waals surface area contributed by atoms with Gasteiger partial charge in [-0.05, 0) is 12.1 Å². The average Bonchev–Trinajstić information content (AvgIpc) is 2.16. The largest absolute Gasteiger partial charge is 0.664 e. The van der Waals surface area contributed by atoms with E-state index in [1.807, 2.05) is 0 Å². The average molecular weight is 214 g/mol. The Hall–Kier alpha value is -1.45. The molecule has 0 fully saturated rings. The van der Waals surface area contributed by atoms with Crippen LogP contribution < -0.4 is 9.61 Å². The van der Waals surface area contributed by atoms with Crippen molar-refractivity contribution in [1.29, 1.82) is 0 Å². The zero-order valence-electron chi connectivity index (χ0n) is 7.21. The van der Waals surface area contributed by atoms with E-state index in [4.69, 9.17) is 9.63 Å². The molecular formula is C8H9NO4P+. The normalized spacial score (nSPS) is 10.7. The van der Waals surface area contributed by atoms with Crippen LogP contribution in [0.1, 0.15) is 0 Å². The third kappa shape index (κ3) is 3.98. The van der Waals surface area contributed by atoms with Gasteiger partial charge in [0.25, 0.3) is 0 Å². The molecule has 0 aliphatic heterocycles. The molecule has 0 amide bonds. The fraction of sp³-hybridized carbons (Fsp3) is 0.125. The molecule has 6 heteroatoms. The van der Waals surface area contributed by atoms with Gasteiger partial charge in [-0.15, -0.1) is 0 Å². The predicted molar refractivity (Wildman–Crippen MR) is 50.3 cm³/mol. The molecule has 1 aromatic rings. The van der Waals surface area contributed by atoms with E-state index in [-0.39, 0.29) is 6.54 Å². The smallest absolute Gasteiger partial charge is 0.480 e. The minimum atomic E-state index is -2.17. The Balaban J connectivity index is 2.38. The summed E-state index contributed by atoms with van der Waals surface area (Å²) in [6.45, 7) is -0.387. The van der Waals surface area contributed by atoms with Gasteiger partial charge in [0.1, 0.15) is 6.54 Å². The Morgan fingerprint density at radius 2 is 2.07 bits per heavy atom. The minimum Gasteiger partial charge on any atom is -0.480 e. The Morgan fingerprint density at radius 1 is 1.43 bits per heavy atom. The molecular weight excluding hydrogens is 205 g/mol. The second kappa shape index (κ2) is 5.32. The fourth-order valence-corrected chi connectivity index (χ4v) is 1.38. The maximum atomic E-state index is 11.1. The minimum absolute atomic E-state index is 0.387. The first-order chi connectivity index (χ1) is 6.68. The standard InChI is InChI=1S/C8H8NO4P/c10-8(11)6-9-14(12)13-7-4-2-1-3-5-7/h1-5H,6H2,(H-,9,10,11,12)/p+1. The number of carboxylic acids is 1. The lowest BCUT2D eigenvalue weighted by molar-refractivity contribution is -0.135.